The van der Waals surface area contributed by atoms with Gasteiger partial charge in [-0.2, -0.15) is 0 Å². The number of hydrogen-bond donors (Lipinski definition) is 1. The minimum Gasteiger partial charge on any atom is -0.345 e. The molecular formula is C12H11ClFN3OS. The van der Waals surface area contributed by atoms with Crippen molar-refractivity contribution in [1.82, 2.24) is 15.3 Å². The summed E-state index contributed by atoms with van der Waals surface area (Å²) >= 11 is 7.28. The molecule has 1 amide bonds. The summed E-state index contributed by atoms with van der Waals surface area (Å²) in [6.07, 6.45) is 3.65. The van der Waals surface area contributed by atoms with Gasteiger partial charge in [0.15, 0.2) is 0 Å². The molecular weight excluding hydrogens is 289 g/mol. The summed E-state index contributed by atoms with van der Waals surface area (Å²) in [6.45, 7) is 2.32. The fraction of sp³-hybridized carbons (Fsp3) is 0.250. The van der Waals surface area contributed by atoms with E-state index in [1.165, 1.54) is 11.3 Å². The molecule has 1 N–H and O–H groups in total. The number of aromatic nitrogens is 2. The third kappa shape index (κ3) is 3.48. The average molecular weight is 300 g/mol. The van der Waals surface area contributed by atoms with Crippen molar-refractivity contribution in [1.29, 1.82) is 0 Å². The summed E-state index contributed by atoms with van der Waals surface area (Å²) in [6, 6.07) is 1.06. The van der Waals surface area contributed by atoms with E-state index in [2.05, 4.69) is 15.3 Å². The summed E-state index contributed by atoms with van der Waals surface area (Å²) in [5.74, 6) is -1.07. The van der Waals surface area contributed by atoms with Gasteiger partial charge in [0.25, 0.3) is 5.91 Å². The van der Waals surface area contributed by atoms with Crippen LogP contribution in [0.2, 0.25) is 5.15 Å². The lowest BCUT2D eigenvalue weighted by molar-refractivity contribution is 0.0950. The largest absolute Gasteiger partial charge is 0.345 e. The van der Waals surface area contributed by atoms with Crippen LogP contribution in [0.1, 0.15) is 27.2 Å². The standard InChI is InChI=1S/C12H11ClFN3OS/c1-2-8-5-15-10(19-8)6-17-12(18)9-3-7(14)4-16-11(9)13/h3-5H,2,6H2,1H3,(H,17,18). The van der Waals surface area contributed by atoms with Crippen LogP contribution in [0.4, 0.5) is 4.39 Å². The molecule has 2 aromatic rings. The molecule has 0 radical (unpaired) electrons. The first kappa shape index (κ1) is 13.9. The van der Waals surface area contributed by atoms with E-state index >= 15 is 0 Å². The lowest BCUT2D eigenvalue weighted by Gasteiger charge is -2.04. The molecule has 0 unspecified atom stereocenters. The van der Waals surface area contributed by atoms with Crippen molar-refractivity contribution in [2.75, 3.05) is 0 Å². The Morgan fingerprint density at radius 2 is 2.26 bits per heavy atom. The molecule has 0 bridgehead atoms. The molecule has 0 aliphatic carbocycles. The van der Waals surface area contributed by atoms with Crippen molar-refractivity contribution in [3.63, 3.8) is 0 Å². The molecule has 0 aliphatic heterocycles. The molecule has 100 valence electrons. The van der Waals surface area contributed by atoms with Gasteiger partial charge in [0, 0.05) is 11.1 Å². The van der Waals surface area contributed by atoms with Crippen molar-refractivity contribution in [3.05, 3.63) is 44.9 Å². The van der Waals surface area contributed by atoms with Crippen LogP contribution in [0.5, 0.6) is 0 Å². The maximum atomic E-state index is 13.0. The van der Waals surface area contributed by atoms with E-state index in [1.807, 2.05) is 6.92 Å². The van der Waals surface area contributed by atoms with Gasteiger partial charge in [-0.15, -0.1) is 11.3 Å². The Morgan fingerprint density at radius 3 is 2.95 bits per heavy atom. The second-order valence-corrected chi connectivity index (χ2v) is 5.31. The van der Waals surface area contributed by atoms with Gasteiger partial charge in [-0.3, -0.25) is 4.79 Å². The van der Waals surface area contributed by atoms with Gasteiger partial charge in [-0.25, -0.2) is 14.4 Å². The first-order valence-corrected chi connectivity index (χ1v) is 6.82. The number of carbonyl (C=O) groups is 1. The van der Waals surface area contributed by atoms with Gasteiger partial charge in [0.1, 0.15) is 16.0 Å². The number of rotatable bonds is 4. The predicted octanol–water partition coefficient (Wildman–Crippen LogP) is 2.82. The molecule has 0 aliphatic rings. The van der Waals surface area contributed by atoms with Crippen molar-refractivity contribution in [2.24, 2.45) is 0 Å². The summed E-state index contributed by atoms with van der Waals surface area (Å²) in [5.41, 5.74) is 0.0222. The van der Waals surface area contributed by atoms with E-state index in [9.17, 15) is 9.18 Å². The number of pyridine rings is 1. The smallest absolute Gasteiger partial charge is 0.254 e. The van der Waals surface area contributed by atoms with Crippen molar-refractivity contribution in [3.8, 4) is 0 Å². The second kappa shape index (κ2) is 6.08. The van der Waals surface area contributed by atoms with Crippen LogP contribution in [-0.2, 0) is 13.0 Å². The molecule has 0 aromatic carbocycles. The van der Waals surface area contributed by atoms with E-state index in [-0.39, 0.29) is 17.3 Å². The summed E-state index contributed by atoms with van der Waals surface area (Å²) in [7, 11) is 0. The Morgan fingerprint density at radius 1 is 1.47 bits per heavy atom. The van der Waals surface area contributed by atoms with E-state index in [0.29, 0.717) is 0 Å². The maximum Gasteiger partial charge on any atom is 0.254 e. The number of aryl methyl sites for hydroxylation is 1. The third-order valence-electron chi connectivity index (χ3n) is 2.40. The minimum absolute atomic E-state index is 0.0210. The average Bonchev–Trinajstić information content (AvgIpc) is 2.87. The van der Waals surface area contributed by atoms with Crippen molar-refractivity contribution < 1.29 is 9.18 Å². The Kier molecular flexibility index (Phi) is 4.44. The molecule has 7 heteroatoms. The Hall–Kier alpha value is -1.53. The van der Waals surface area contributed by atoms with Crippen LogP contribution in [0, 0.1) is 5.82 Å². The van der Waals surface area contributed by atoms with E-state index in [4.69, 9.17) is 11.6 Å². The van der Waals surface area contributed by atoms with Gasteiger partial charge in [-0.1, -0.05) is 18.5 Å². The number of hydrogen-bond acceptors (Lipinski definition) is 4. The minimum atomic E-state index is -0.600. The maximum absolute atomic E-state index is 13.0. The topological polar surface area (TPSA) is 54.9 Å². The summed E-state index contributed by atoms with van der Waals surface area (Å²) in [5, 5.41) is 3.41. The molecule has 19 heavy (non-hydrogen) atoms. The lowest BCUT2D eigenvalue weighted by Crippen LogP contribution is -2.23. The van der Waals surface area contributed by atoms with Gasteiger partial charge < -0.3 is 5.32 Å². The van der Waals surface area contributed by atoms with Gasteiger partial charge in [0.2, 0.25) is 0 Å². The first-order valence-electron chi connectivity index (χ1n) is 5.63. The highest BCUT2D eigenvalue weighted by atomic mass is 35.5. The number of halogens is 2. The van der Waals surface area contributed by atoms with Gasteiger partial charge >= 0.3 is 0 Å². The van der Waals surface area contributed by atoms with Crippen molar-refractivity contribution in [2.45, 2.75) is 19.9 Å². The van der Waals surface area contributed by atoms with Crippen LogP contribution in [-0.4, -0.2) is 15.9 Å². The van der Waals surface area contributed by atoms with E-state index in [1.54, 1.807) is 6.20 Å². The fourth-order valence-electron chi connectivity index (χ4n) is 1.43. The van der Waals surface area contributed by atoms with Crippen LogP contribution in [0.25, 0.3) is 0 Å². The Labute approximate surface area is 118 Å². The number of nitrogens with zero attached hydrogens (tertiary/aromatic N) is 2. The molecule has 2 rings (SSSR count). The summed E-state index contributed by atoms with van der Waals surface area (Å²) < 4.78 is 13.0. The number of amides is 1. The zero-order valence-corrected chi connectivity index (χ0v) is 11.7. The van der Waals surface area contributed by atoms with Crippen molar-refractivity contribution >= 4 is 28.8 Å². The quantitative estimate of drug-likeness (QED) is 0.883. The van der Waals surface area contributed by atoms with Gasteiger partial charge in [0.05, 0.1) is 18.3 Å². The molecule has 4 nitrogen and oxygen atoms in total. The molecule has 2 aromatic heterocycles. The molecule has 0 atom stereocenters. The zero-order chi connectivity index (χ0) is 13.8. The SMILES string of the molecule is CCc1cnc(CNC(=O)c2cc(F)cnc2Cl)s1. The zero-order valence-electron chi connectivity index (χ0n) is 10.1. The molecule has 0 spiro atoms. The molecule has 2 heterocycles. The van der Waals surface area contributed by atoms with Gasteiger partial charge in [-0.05, 0) is 12.5 Å². The monoisotopic (exact) mass is 299 g/mol. The predicted molar refractivity (Wildman–Crippen MR) is 71.9 cm³/mol. The molecule has 0 saturated carbocycles. The second-order valence-electron chi connectivity index (χ2n) is 3.75. The summed E-state index contributed by atoms with van der Waals surface area (Å²) in [4.78, 5) is 20.8. The fourth-order valence-corrected chi connectivity index (χ4v) is 2.42. The normalized spacial score (nSPS) is 10.5. The lowest BCUT2D eigenvalue weighted by atomic mass is 10.2. The highest BCUT2D eigenvalue weighted by Gasteiger charge is 2.13. The Bertz CT molecular complexity index is 602. The highest BCUT2D eigenvalue weighted by Crippen LogP contribution is 2.15. The van der Waals surface area contributed by atoms with Crippen LogP contribution in [0.15, 0.2) is 18.5 Å². The van der Waals surface area contributed by atoms with E-state index < -0.39 is 11.7 Å². The number of carbonyl (C=O) groups excluding carboxylic acids is 1. The molecule has 0 saturated heterocycles. The highest BCUT2D eigenvalue weighted by molar-refractivity contribution is 7.11. The van der Waals surface area contributed by atoms with Crippen LogP contribution < -0.4 is 5.32 Å². The number of thiazole rings is 1. The number of nitrogens with one attached hydrogen (secondary N) is 1. The van der Waals surface area contributed by atoms with Crippen LogP contribution in [0.3, 0.4) is 0 Å². The van der Waals surface area contributed by atoms with Crippen LogP contribution >= 0.6 is 22.9 Å². The third-order valence-corrected chi connectivity index (χ3v) is 3.84. The molecule has 0 fully saturated rings. The first-order chi connectivity index (χ1) is 9.10. The Balaban J connectivity index is 2.03. The van der Waals surface area contributed by atoms with E-state index in [0.717, 1.165) is 28.6 Å².